The van der Waals surface area contributed by atoms with E-state index in [0.717, 1.165) is 4.57 Å². The molecule has 0 spiro atoms. The Hall–Kier alpha value is -1.52. The van der Waals surface area contributed by atoms with Crippen molar-refractivity contribution in [3.63, 3.8) is 0 Å². The van der Waals surface area contributed by atoms with Crippen molar-refractivity contribution in [3.8, 4) is 0 Å². The molecule has 0 radical (unpaired) electrons. The summed E-state index contributed by atoms with van der Waals surface area (Å²) in [6, 6.07) is 0. The van der Waals surface area contributed by atoms with Crippen LogP contribution in [0.5, 0.6) is 0 Å². The Bertz CT molecular complexity index is 596. The summed E-state index contributed by atoms with van der Waals surface area (Å²) in [7, 11) is 0. The van der Waals surface area contributed by atoms with Crippen molar-refractivity contribution in [1.29, 1.82) is 0 Å². The maximum Gasteiger partial charge on any atom is 0.330 e. The van der Waals surface area contributed by atoms with Gasteiger partial charge in [-0.15, -0.1) is 0 Å². The van der Waals surface area contributed by atoms with Crippen molar-refractivity contribution >= 4 is 0 Å². The maximum atomic E-state index is 11.8. The van der Waals surface area contributed by atoms with Crippen molar-refractivity contribution in [2.24, 2.45) is 0 Å². The monoisotopic (exact) mass is 302 g/mol. The molecule has 0 bridgehead atoms. The minimum atomic E-state index is -1.40. The molecule has 1 aromatic heterocycles. The normalized spacial score (nSPS) is 29.0. The largest absolute Gasteiger partial charge is 0.394 e. The van der Waals surface area contributed by atoms with Gasteiger partial charge in [-0.05, 0) is 6.92 Å². The quantitative estimate of drug-likeness (QED) is 0.480. The third kappa shape index (κ3) is 3.06. The van der Waals surface area contributed by atoms with Crippen LogP contribution < -0.4 is 11.2 Å². The Morgan fingerprint density at radius 3 is 2.67 bits per heavy atom. The molecule has 4 unspecified atom stereocenters. The highest BCUT2D eigenvalue weighted by molar-refractivity contribution is 5.05. The fourth-order valence-electron chi connectivity index (χ4n) is 2.14. The second-order valence-electron chi connectivity index (χ2n) is 4.69. The van der Waals surface area contributed by atoms with E-state index in [0.29, 0.717) is 6.61 Å². The fraction of sp³-hybridized carbons (Fsp3) is 0.667. The van der Waals surface area contributed by atoms with Gasteiger partial charge in [0.15, 0.2) is 6.23 Å². The van der Waals surface area contributed by atoms with Crippen LogP contribution >= 0.6 is 0 Å². The van der Waals surface area contributed by atoms with Gasteiger partial charge in [0.05, 0.1) is 18.8 Å². The van der Waals surface area contributed by atoms with Crippen LogP contribution in [0.2, 0.25) is 0 Å². The number of H-pyrrole nitrogens is 1. The van der Waals surface area contributed by atoms with Crippen LogP contribution in [0, 0.1) is 0 Å². The van der Waals surface area contributed by atoms with Crippen LogP contribution in [0.25, 0.3) is 0 Å². The molecule has 0 saturated carbocycles. The first kappa shape index (κ1) is 15.9. The lowest BCUT2D eigenvalue weighted by molar-refractivity contribution is -0.0553. The lowest BCUT2D eigenvalue weighted by Crippen LogP contribution is -2.39. The molecule has 9 nitrogen and oxygen atoms in total. The summed E-state index contributed by atoms with van der Waals surface area (Å²) in [6.45, 7) is 1.65. The molecular weight excluding hydrogens is 284 g/mol. The number of nitrogens with one attached hydrogen (secondary N) is 1. The predicted octanol–water partition coefficient (Wildman–Crippen LogP) is -2.32. The van der Waals surface area contributed by atoms with Gasteiger partial charge < -0.3 is 24.8 Å². The number of aliphatic hydroxyl groups is 3. The topological polar surface area (TPSA) is 134 Å². The van der Waals surface area contributed by atoms with Crippen molar-refractivity contribution in [2.45, 2.75) is 38.1 Å². The Kier molecular flexibility index (Phi) is 4.91. The van der Waals surface area contributed by atoms with Crippen LogP contribution in [-0.4, -0.2) is 56.4 Å². The molecule has 21 heavy (non-hydrogen) atoms. The molecule has 0 aliphatic carbocycles. The molecule has 4 N–H and O–H groups in total. The van der Waals surface area contributed by atoms with Gasteiger partial charge in [0.25, 0.3) is 5.56 Å². The molecule has 118 valence electrons. The molecule has 0 amide bonds. The molecule has 1 fully saturated rings. The SMILES string of the molecule is CCOCc1cn(C2OC(CO)C(O)C2O)c(=O)[nH]c1=O. The average molecular weight is 302 g/mol. The van der Waals surface area contributed by atoms with E-state index in [4.69, 9.17) is 14.6 Å². The first-order valence-corrected chi connectivity index (χ1v) is 6.54. The zero-order valence-electron chi connectivity index (χ0n) is 11.4. The number of rotatable bonds is 5. The Labute approximate surface area is 119 Å². The summed E-state index contributed by atoms with van der Waals surface area (Å²) in [6.07, 6.45) is -3.70. The Balaban J connectivity index is 2.35. The summed E-state index contributed by atoms with van der Waals surface area (Å²) in [4.78, 5) is 25.6. The molecule has 0 aromatic carbocycles. The van der Waals surface area contributed by atoms with E-state index in [-0.39, 0.29) is 12.2 Å². The fourth-order valence-corrected chi connectivity index (χ4v) is 2.14. The first-order chi connectivity index (χ1) is 9.99. The lowest BCUT2D eigenvalue weighted by Gasteiger charge is -2.17. The minimum Gasteiger partial charge on any atom is -0.394 e. The van der Waals surface area contributed by atoms with Crippen molar-refractivity contribution in [3.05, 3.63) is 32.6 Å². The number of hydrogen-bond acceptors (Lipinski definition) is 7. The average Bonchev–Trinajstić information content (AvgIpc) is 2.74. The summed E-state index contributed by atoms with van der Waals surface area (Å²) < 4.78 is 11.3. The van der Waals surface area contributed by atoms with Gasteiger partial charge in [-0.1, -0.05) is 0 Å². The smallest absolute Gasteiger partial charge is 0.330 e. The third-order valence-electron chi connectivity index (χ3n) is 3.29. The maximum absolute atomic E-state index is 11.8. The molecule has 2 heterocycles. The van der Waals surface area contributed by atoms with E-state index in [1.807, 2.05) is 0 Å². The van der Waals surface area contributed by atoms with Crippen LogP contribution in [-0.2, 0) is 16.1 Å². The van der Waals surface area contributed by atoms with Gasteiger partial charge in [-0.2, -0.15) is 0 Å². The van der Waals surface area contributed by atoms with Gasteiger partial charge >= 0.3 is 5.69 Å². The highest BCUT2D eigenvalue weighted by atomic mass is 16.6. The number of hydrogen-bond donors (Lipinski definition) is 4. The number of aromatic amines is 1. The summed E-state index contributed by atoms with van der Waals surface area (Å²) in [5.41, 5.74) is -1.18. The predicted molar refractivity (Wildman–Crippen MR) is 69.7 cm³/mol. The standard InChI is InChI=1S/C12H18N2O7/c1-2-20-5-6-3-14(12(19)13-10(6)18)11-9(17)8(16)7(4-15)21-11/h3,7-9,11,15-17H,2,4-5H2,1H3,(H,13,18,19). The van der Waals surface area contributed by atoms with Crippen molar-refractivity contribution in [2.75, 3.05) is 13.2 Å². The molecule has 1 aliphatic rings. The lowest BCUT2D eigenvalue weighted by atomic mass is 10.1. The zero-order valence-corrected chi connectivity index (χ0v) is 11.4. The van der Waals surface area contributed by atoms with Gasteiger partial charge in [-0.3, -0.25) is 14.3 Å². The molecular formula is C12H18N2O7. The Morgan fingerprint density at radius 1 is 1.38 bits per heavy atom. The second-order valence-corrected chi connectivity index (χ2v) is 4.69. The van der Waals surface area contributed by atoms with Gasteiger partial charge in [0.2, 0.25) is 0 Å². The number of nitrogens with zero attached hydrogens (tertiary/aromatic N) is 1. The summed E-state index contributed by atoms with van der Waals surface area (Å²) >= 11 is 0. The third-order valence-corrected chi connectivity index (χ3v) is 3.29. The van der Waals surface area contributed by atoms with Crippen molar-refractivity contribution in [1.82, 2.24) is 9.55 Å². The van der Waals surface area contributed by atoms with E-state index in [1.165, 1.54) is 6.20 Å². The van der Waals surface area contributed by atoms with E-state index >= 15 is 0 Å². The van der Waals surface area contributed by atoms with Crippen LogP contribution in [0.4, 0.5) is 0 Å². The Morgan fingerprint density at radius 2 is 2.10 bits per heavy atom. The van der Waals surface area contributed by atoms with Gasteiger partial charge in [-0.25, -0.2) is 4.79 Å². The molecule has 1 aliphatic heterocycles. The molecule has 2 rings (SSSR count). The molecule has 9 heteroatoms. The number of aliphatic hydroxyl groups excluding tert-OH is 3. The van der Waals surface area contributed by atoms with E-state index in [1.54, 1.807) is 6.92 Å². The molecule has 1 saturated heterocycles. The van der Waals surface area contributed by atoms with E-state index in [2.05, 4.69) is 4.98 Å². The van der Waals surface area contributed by atoms with Crippen LogP contribution in [0.15, 0.2) is 15.8 Å². The molecule has 1 aromatic rings. The summed E-state index contributed by atoms with van der Waals surface area (Å²) in [5, 5.41) is 28.6. The minimum absolute atomic E-state index is 0.000903. The number of ether oxygens (including phenoxy) is 2. The zero-order chi connectivity index (χ0) is 15.6. The second kappa shape index (κ2) is 6.50. The van der Waals surface area contributed by atoms with E-state index < -0.39 is 42.4 Å². The number of aromatic nitrogens is 2. The van der Waals surface area contributed by atoms with Gasteiger partial charge in [0.1, 0.15) is 18.3 Å². The highest BCUT2D eigenvalue weighted by Gasteiger charge is 2.43. The molecule has 4 atom stereocenters. The first-order valence-electron chi connectivity index (χ1n) is 6.54. The van der Waals surface area contributed by atoms with E-state index in [9.17, 15) is 19.8 Å². The van der Waals surface area contributed by atoms with Crippen LogP contribution in [0.1, 0.15) is 18.7 Å². The van der Waals surface area contributed by atoms with Crippen LogP contribution in [0.3, 0.4) is 0 Å². The van der Waals surface area contributed by atoms with Crippen molar-refractivity contribution < 1.29 is 24.8 Å². The van der Waals surface area contributed by atoms with Gasteiger partial charge in [0, 0.05) is 12.8 Å². The highest BCUT2D eigenvalue weighted by Crippen LogP contribution is 2.27. The summed E-state index contributed by atoms with van der Waals surface area (Å²) in [5.74, 6) is 0.